The number of aliphatic imine (C=N–C) groups is 1. The van der Waals surface area contributed by atoms with Crippen LogP contribution in [0.5, 0.6) is 17.2 Å². The minimum Gasteiger partial charge on any atom is -0.504 e. The molecule has 0 spiro atoms. The van der Waals surface area contributed by atoms with Crippen LogP contribution in [0.15, 0.2) is 17.1 Å². The van der Waals surface area contributed by atoms with Gasteiger partial charge < -0.3 is 14.6 Å². The van der Waals surface area contributed by atoms with Crippen LogP contribution in [0.3, 0.4) is 0 Å². The van der Waals surface area contributed by atoms with Gasteiger partial charge in [-0.05, 0) is 43.9 Å². The lowest BCUT2D eigenvalue weighted by Crippen LogP contribution is -2.31. The molecule has 5 nitrogen and oxygen atoms in total. The molecular weight excluding hydrogens is 246 g/mol. The largest absolute Gasteiger partial charge is 0.504 e. The fraction of sp³-hybridized carbons (Fsp3) is 0.500. The SMILES string of the molecule is CCOc1cc(C2(N=C=O)CCC2)cc(O)c1OC. The summed E-state index contributed by atoms with van der Waals surface area (Å²) < 4.78 is 10.6. The van der Waals surface area contributed by atoms with Crippen molar-refractivity contribution in [2.45, 2.75) is 31.7 Å². The highest BCUT2D eigenvalue weighted by Crippen LogP contribution is 2.49. The molecule has 1 aromatic rings. The van der Waals surface area contributed by atoms with Gasteiger partial charge in [-0.15, -0.1) is 0 Å². The van der Waals surface area contributed by atoms with Crippen LogP contribution < -0.4 is 9.47 Å². The van der Waals surface area contributed by atoms with Gasteiger partial charge in [0.1, 0.15) is 0 Å². The Bertz CT molecular complexity index is 516. The second-order valence-corrected chi connectivity index (χ2v) is 4.55. The molecule has 19 heavy (non-hydrogen) atoms. The summed E-state index contributed by atoms with van der Waals surface area (Å²) in [5, 5.41) is 10.0. The van der Waals surface area contributed by atoms with Gasteiger partial charge in [0.15, 0.2) is 11.5 Å². The number of phenols is 1. The maximum Gasteiger partial charge on any atom is 0.235 e. The number of hydrogen-bond acceptors (Lipinski definition) is 5. The van der Waals surface area contributed by atoms with Crippen molar-refractivity contribution >= 4 is 6.08 Å². The van der Waals surface area contributed by atoms with E-state index in [2.05, 4.69) is 4.99 Å². The van der Waals surface area contributed by atoms with E-state index in [4.69, 9.17) is 9.47 Å². The Balaban J connectivity index is 2.49. The van der Waals surface area contributed by atoms with Crippen molar-refractivity contribution in [3.05, 3.63) is 17.7 Å². The predicted molar refractivity (Wildman–Crippen MR) is 69.5 cm³/mol. The summed E-state index contributed by atoms with van der Waals surface area (Å²) in [6, 6.07) is 3.36. The second kappa shape index (κ2) is 5.33. The number of carbonyl (C=O) groups excluding carboxylic acids is 1. The standard InChI is InChI=1S/C14H17NO4/c1-3-19-12-8-10(7-11(17)13(12)18-2)14(15-9-16)5-4-6-14/h7-8,17H,3-6H2,1-2H3. The molecule has 5 heteroatoms. The smallest absolute Gasteiger partial charge is 0.235 e. The molecule has 102 valence electrons. The molecule has 1 aliphatic rings. The Morgan fingerprint density at radius 3 is 2.68 bits per heavy atom. The summed E-state index contributed by atoms with van der Waals surface area (Å²) in [6.07, 6.45) is 4.19. The van der Waals surface area contributed by atoms with E-state index in [-0.39, 0.29) is 5.75 Å². The van der Waals surface area contributed by atoms with Crippen molar-refractivity contribution in [2.24, 2.45) is 4.99 Å². The van der Waals surface area contributed by atoms with Crippen LogP contribution in [-0.2, 0) is 10.3 Å². The van der Waals surface area contributed by atoms with Crippen LogP contribution in [-0.4, -0.2) is 24.9 Å². The van der Waals surface area contributed by atoms with Crippen molar-refractivity contribution in [2.75, 3.05) is 13.7 Å². The Hall–Kier alpha value is -2.00. The molecule has 1 N–H and O–H groups in total. The molecule has 0 bridgehead atoms. The zero-order valence-electron chi connectivity index (χ0n) is 11.1. The molecule has 0 aromatic heterocycles. The third-order valence-corrected chi connectivity index (χ3v) is 3.52. The number of ether oxygens (including phenoxy) is 2. The number of isocyanates is 1. The first-order chi connectivity index (χ1) is 9.16. The van der Waals surface area contributed by atoms with E-state index >= 15 is 0 Å². The number of rotatable bonds is 5. The molecule has 0 radical (unpaired) electrons. The topological polar surface area (TPSA) is 68.1 Å². The first kappa shape index (κ1) is 13.4. The lowest BCUT2D eigenvalue weighted by Gasteiger charge is -2.37. The molecule has 1 aliphatic carbocycles. The van der Waals surface area contributed by atoms with Crippen LogP contribution in [0.2, 0.25) is 0 Å². The van der Waals surface area contributed by atoms with E-state index in [9.17, 15) is 9.90 Å². The molecular formula is C14H17NO4. The predicted octanol–water partition coefficient (Wildman–Crippen LogP) is 2.51. The van der Waals surface area contributed by atoms with Crippen molar-refractivity contribution in [1.29, 1.82) is 0 Å². The number of phenolic OH excluding ortho intramolecular Hbond substituents is 1. The van der Waals surface area contributed by atoms with Crippen molar-refractivity contribution in [1.82, 2.24) is 0 Å². The molecule has 0 atom stereocenters. The van der Waals surface area contributed by atoms with Gasteiger partial charge in [-0.25, -0.2) is 4.79 Å². The highest BCUT2D eigenvalue weighted by Gasteiger charge is 2.40. The number of hydrogen-bond donors (Lipinski definition) is 1. The molecule has 1 aromatic carbocycles. The van der Waals surface area contributed by atoms with E-state index in [0.717, 1.165) is 24.8 Å². The normalized spacial score (nSPS) is 16.1. The summed E-state index contributed by atoms with van der Waals surface area (Å²) in [7, 11) is 1.47. The van der Waals surface area contributed by atoms with E-state index in [1.54, 1.807) is 18.2 Å². The van der Waals surface area contributed by atoms with E-state index in [0.29, 0.717) is 18.1 Å². The van der Waals surface area contributed by atoms with Gasteiger partial charge in [0.2, 0.25) is 11.8 Å². The Kier molecular flexibility index (Phi) is 3.76. The zero-order valence-corrected chi connectivity index (χ0v) is 11.1. The summed E-state index contributed by atoms with van der Waals surface area (Å²) in [5.74, 6) is 0.762. The Morgan fingerprint density at radius 1 is 1.47 bits per heavy atom. The number of benzene rings is 1. The first-order valence-electron chi connectivity index (χ1n) is 6.30. The van der Waals surface area contributed by atoms with Crippen LogP contribution in [0.25, 0.3) is 0 Å². The van der Waals surface area contributed by atoms with Gasteiger partial charge in [-0.1, -0.05) is 0 Å². The lowest BCUT2D eigenvalue weighted by molar-refractivity contribution is 0.250. The van der Waals surface area contributed by atoms with E-state index in [1.807, 2.05) is 6.92 Å². The van der Waals surface area contributed by atoms with E-state index in [1.165, 1.54) is 7.11 Å². The van der Waals surface area contributed by atoms with E-state index < -0.39 is 5.54 Å². The van der Waals surface area contributed by atoms with Gasteiger partial charge in [-0.3, -0.25) is 0 Å². The number of nitrogens with zero attached hydrogens (tertiary/aromatic N) is 1. The fourth-order valence-corrected chi connectivity index (χ4v) is 2.39. The Morgan fingerprint density at radius 2 is 2.21 bits per heavy atom. The van der Waals surface area contributed by atoms with Crippen LogP contribution in [0.1, 0.15) is 31.7 Å². The average molecular weight is 263 g/mol. The summed E-state index contributed by atoms with van der Waals surface area (Å²) in [6.45, 7) is 2.31. The maximum atomic E-state index is 10.6. The summed E-state index contributed by atoms with van der Waals surface area (Å²) in [4.78, 5) is 14.5. The minimum atomic E-state index is -0.558. The highest BCUT2D eigenvalue weighted by atomic mass is 16.5. The molecule has 0 heterocycles. The van der Waals surface area contributed by atoms with Crippen LogP contribution in [0, 0.1) is 0 Å². The van der Waals surface area contributed by atoms with Gasteiger partial charge in [-0.2, -0.15) is 4.99 Å². The van der Waals surface area contributed by atoms with Gasteiger partial charge in [0.05, 0.1) is 19.3 Å². The van der Waals surface area contributed by atoms with Gasteiger partial charge in [0.25, 0.3) is 0 Å². The zero-order chi connectivity index (χ0) is 13.9. The minimum absolute atomic E-state index is 0.00387. The fourth-order valence-electron chi connectivity index (χ4n) is 2.39. The van der Waals surface area contributed by atoms with Crippen LogP contribution >= 0.6 is 0 Å². The molecule has 0 unspecified atom stereocenters. The summed E-state index contributed by atoms with van der Waals surface area (Å²) in [5.41, 5.74) is 0.209. The number of aromatic hydroxyl groups is 1. The van der Waals surface area contributed by atoms with Crippen molar-refractivity contribution in [3.63, 3.8) is 0 Å². The molecule has 0 aliphatic heterocycles. The maximum absolute atomic E-state index is 10.6. The van der Waals surface area contributed by atoms with Gasteiger partial charge in [0, 0.05) is 0 Å². The third kappa shape index (κ3) is 2.29. The van der Waals surface area contributed by atoms with Crippen molar-refractivity contribution in [3.8, 4) is 17.2 Å². The highest BCUT2D eigenvalue weighted by molar-refractivity contribution is 5.55. The molecule has 1 fully saturated rings. The quantitative estimate of drug-likeness (QED) is 0.654. The van der Waals surface area contributed by atoms with Gasteiger partial charge >= 0.3 is 0 Å². The first-order valence-corrected chi connectivity index (χ1v) is 6.30. The molecule has 0 amide bonds. The van der Waals surface area contributed by atoms with Crippen molar-refractivity contribution < 1.29 is 19.4 Å². The molecule has 0 saturated heterocycles. The monoisotopic (exact) mass is 263 g/mol. The average Bonchev–Trinajstić information content (AvgIpc) is 2.34. The Labute approximate surface area is 111 Å². The molecule has 2 rings (SSSR count). The summed E-state index contributed by atoms with van der Waals surface area (Å²) >= 11 is 0. The second-order valence-electron chi connectivity index (χ2n) is 4.55. The number of methoxy groups -OCH3 is 1. The third-order valence-electron chi connectivity index (χ3n) is 3.52. The van der Waals surface area contributed by atoms with Crippen LogP contribution in [0.4, 0.5) is 0 Å². The molecule has 1 saturated carbocycles. The lowest BCUT2D eigenvalue weighted by atomic mass is 9.72.